The molecule has 0 fully saturated rings. The highest BCUT2D eigenvalue weighted by atomic mass is 32.1. The van der Waals surface area contributed by atoms with Gasteiger partial charge in [-0.1, -0.05) is 25.3 Å². The summed E-state index contributed by atoms with van der Waals surface area (Å²) in [5.74, 6) is -0.0245. The molecule has 108 valence electrons. The number of aromatic nitrogens is 3. The van der Waals surface area contributed by atoms with Crippen LogP contribution in [0.1, 0.15) is 42.0 Å². The van der Waals surface area contributed by atoms with Crippen LogP contribution >= 0.6 is 22.9 Å². The molecular weight excluding hydrogens is 292 g/mol. The van der Waals surface area contributed by atoms with Gasteiger partial charge in [-0.25, -0.2) is 4.98 Å². The molecular formula is C13H18N4OS2. The third kappa shape index (κ3) is 3.83. The zero-order valence-corrected chi connectivity index (χ0v) is 13.7. The summed E-state index contributed by atoms with van der Waals surface area (Å²) in [6.07, 6.45) is 0.317. The normalized spacial score (nSPS) is 11.6. The number of thiazole rings is 1. The second-order valence-electron chi connectivity index (χ2n) is 5.63. The minimum atomic E-state index is -0.0245. The summed E-state index contributed by atoms with van der Waals surface area (Å²) in [5, 5.41) is 9.81. The van der Waals surface area contributed by atoms with Gasteiger partial charge in [0.2, 0.25) is 5.91 Å². The average Bonchev–Trinajstić information content (AvgIpc) is 2.95. The minimum absolute atomic E-state index is 0.0245. The average molecular weight is 310 g/mol. The first-order valence-corrected chi connectivity index (χ1v) is 8.01. The van der Waals surface area contributed by atoms with Crippen molar-refractivity contribution >= 4 is 28.8 Å². The standard InChI is InChI=1S/C13H18N4OS2/c1-8-10(20-17-16-8)6-14-11(18)5-9-7-19-12(15-9)13(2,3)4/h7H,5-6H2,1-4H3,(H,14,18). The van der Waals surface area contributed by atoms with Gasteiger partial charge in [-0.05, 0) is 18.5 Å². The van der Waals surface area contributed by atoms with Crippen molar-refractivity contribution < 1.29 is 4.79 Å². The van der Waals surface area contributed by atoms with E-state index in [1.54, 1.807) is 11.3 Å². The predicted octanol–water partition coefficient (Wildman–Crippen LogP) is 2.46. The molecule has 0 aliphatic heterocycles. The Balaban J connectivity index is 1.89. The number of hydrogen-bond donors (Lipinski definition) is 1. The van der Waals surface area contributed by atoms with Crippen LogP contribution < -0.4 is 5.32 Å². The third-order valence-electron chi connectivity index (χ3n) is 2.73. The monoisotopic (exact) mass is 310 g/mol. The van der Waals surface area contributed by atoms with Gasteiger partial charge in [0, 0.05) is 10.8 Å². The Bertz CT molecular complexity index is 598. The fourth-order valence-corrected chi connectivity index (χ4v) is 3.03. The second kappa shape index (κ2) is 5.97. The number of hydrogen-bond acceptors (Lipinski definition) is 6. The van der Waals surface area contributed by atoms with Crippen LogP contribution in [0.25, 0.3) is 0 Å². The Hall–Kier alpha value is -1.34. The maximum absolute atomic E-state index is 11.9. The number of amides is 1. The number of nitrogens with one attached hydrogen (secondary N) is 1. The van der Waals surface area contributed by atoms with Crippen molar-refractivity contribution in [3.05, 3.63) is 26.7 Å². The molecule has 1 amide bonds. The van der Waals surface area contributed by atoms with Crippen molar-refractivity contribution in [3.8, 4) is 0 Å². The van der Waals surface area contributed by atoms with E-state index in [1.807, 2.05) is 12.3 Å². The van der Waals surface area contributed by atoms with Crippen molar-refractivity contribution in [1.82, 2.24) is 19.9 Å². The maximum atomic E-state index is 11.9. The Morgan fingerprint density at radius 2 is 2.15 bits per heavy atom. The number of rotatable bonds is 4. The molecule has 0 aliphatic carbocycles. The molecule has 0 unspecified atom stereocenters. The molecule has 0 saturated carbocycles. The summed E-state index contributed by atoms with van der Waals surface area (Å²) in [4.78, 5) is 17.4. The first-order valence-electron chi connectivity index (χ1n) is 6.35. The quantitative estimate of drug-likeness (QED) is 0.942. The zero-order chi connectivity index (χ0) is 14.8. The molecule has 0 spiro atoms. The van der Waals surface area contributed by atoms with Crippen LogP contribution in [0.5, 0.6) is 0 Å². The lowest BCUT2D eigenvalue weighted by atomic mass is 9.98. The summed E-state index contributed by atoms with van der Waals surface area (Å²) in [7, 11) is 0. The van der Waals surface area contributed by atoms with Gasteiger partial charge in [-0.2, -0.15) is 0 Å². The van der Waals surface area contributed by atoms with Crippen molar-refractivity contribution in [2.45, 2.75) is 46.1 Å². The lowest BCUT2D eigenvalue weighted by Gasteiger charge is -2.13. The number of carbonyl (C=O) groups excluding carboxylic acids is 1. The summed E-state index contributed by atoms with van der Waals surface area (Å²) in [6.45, 7) is 8.74. The highest BCUT2D eigenvalue weighted by Crippen LogP contribution is 2.25. The molecule has 2 heterocycles. The smallest absolute Gasteiger partial charge is 0.226 e. The Morgan fingerprint density at radius 1 is 1.40 bits per heavy atom. The summed E-state index contributed by atoms with van der Waals surface area (Å²) in [6, 6.07) is 0. The molecule has 2 aromatic heterocycles. The van der Waals surface area contributed by atoms with E-state index in [-0.39, 0.29) is 11.3 Å². The van der Waals surface area contributed by atoms with Crippen LogP contribution in [0.2, 0.25) is 0 Å². The molecule has 0 saturated heterocycles. The van der Waals surface area contributed by atoms with Gasteiger partial charge in [0.05, 0.1) is 34.2 Å². The van der Waals surface area contributed by atoms with Gasteiger partial charge in [0.15, 0.2) is 0 Å². The number of aryl methyl sites for hydroxylation is 1. The molecule has 0 atom stereocenters. The van der Waals surface area contributed by atoms with Gasteiger partial charge >= 0.3 is 0 Å². The van der Waals surface area contributed by atoms with E-state index >= 15 is 0 Å². The molecule has 7 heteroatoms. The molecule has 0 aromatic carbocycles. The van der Waals surface area contributed by atoms with Gasteiger partial charge in [0.25, 0.3) is 0 Å². The van der Waals surface area contributed by atoms with Crippen LogP contribution in [0, 0.1) is 6.92 Å². The van der Waals surface area contributed by atoms with Gasteiger partial charge in [-0.15, -0.1) is 16.4 Å². The Kier molecular flexibility index (Phi) is 4.49. The van der Waals surface area contributed by atoms with E-state index in [1.165, 1.54) is 11.5 Å². The van der Waals surface area contributed by atoms with Crippen molar-refractivity contribution in [3.63, 3.8) is 0 Å². The molecule has 2 rings (SSSR count). The lowest BCUT2D eigenvalue weighted by molar-refractivity contribution is -0.120. The highest BCUT2D eigenvalue weighted by Gasteiger charge is 2.18. The second-order valence-corrected chi connectivity index (χ2v) is 7.33. The van der Waals surface area contributed by atoms with Crippen molar-refractivity contribution in [1.29, 1.82) is 0 Å². The Labute approximate surface area is 126 Å². The third-order valence-corrected chi connectivity index (χ3v) is 4.87. The van der Waals surface area contributed by atoms with E-state index in [2.05, 4.69) is 40.7 Å². The Morgan fingerprint density at radius 3 is 2.70 bits per heavy atom. The number of nitrogens with zero attached hydrogens (tertiary/aromatic N) is 3. The van der Waals surface area contributed by atoms with Crippen LogP contribution in [-0.2, 0) is 23.2 Å². The predicted molar refractivity (Wildman–Crippen MR) is 81.0 cm³/mol. The van der Waals surface area contributed by atoms with Crippen molar-refractivity contribution in [2.75, 3.05) is 0 Å². The molecule has 0 bridgehead atoms. The lowest BCUT2D eigenvalue weighted by Crippen LogP contribution is -2.24. The van der Waals surface area contributed by atoms with E-state index in [0.29, 0.717) is 13.0 Å². The van der Waals surface area contributed by atoms with Crippen LogP contribution in [0.4, 0.5) is 0 Å². The molecule has 1 N–H and O–H groups in total. The van der Waals surface area contributed by atoms with E-state index in [0.717, 1.165) is 21.3 Å². The van der Waals surface area contributed by atoms with E-state index in [4.69, 9.17) is 0 Å². The topological polar surface area (TPSA) is 67.8 Å². The largest absolute Gasteiger partial charge is 0.351 e. The molecule has 0 radical (unpaired) electrons. The minimum Gasteiger partial charge on any atom is -0.351 e. The summed E-state index contributed by atoms with van der Waals surface area (Å²) >= 11 is 2.92. The fraction of sp³-hybridized carbons (Fsp3) is 0.538. The highest BCUT2D eigenvalue weighted by molar-refractivity contribution is 7.09. The van der Waals surface area contributed by atoms with Gasteiger partial charge in [-0.3, -0.25) is 4.79 Å². The van der Waals surface area contributed by atoms with Crippen LogP contribution in [-0.4, -0.2) is 20.5 Å². The molecule has 2 aromatic rings. The van der Waals surface area contributed by atoms with E-state index in [9.17, 15) is 4.79 Å². The van der Waals surface area contributed by atoms with E-state index < -0.39 is 0 Å². The van der Waals surface area contributed by atoms with Crippen LogP contribution in [0.15, 0.2) is 5.38 Å². The number of carbonyl (C=O) groups is 1. The molecule has 20 heavy (non-hydrogen) atoms. The zero-order valence-electron chi connectivity index (χ0n) is 12.1. The molecule has 0 aliphatic rings. The van der Waals surface area contributed by atoms with Crippen molar-refractivity contribution in [2.24, 2.45) is 0 Å². The summed E-state index contributed by atoms with van der Waals surface area (Å²) < 4.78 is 3.84. The van der Waals surface area contributed by atoms with Crippen LogP contribution in [0.3, 0.4) is 0 Å². The molecule has 5 nitrogen and oxygen atoms in total. The maximum Gasteiger partial charge on any atom is 0.226 e. The fourth-order valence-electron chi connectivity index (χ4n) is 1.55. The SMILES string of the molecule is Cc1nnsc1CNC(=O)Cc1csc(C(C)(C)C)n1. The first kappa shape index (κ1) is 15.1. The van der Waals surface area contributed by atoms with Gasteiger partial charge in [0.1, 0.15) is 0 Å². The van der Waals surface area contributed by atoms with Gasteiger partial charge < -0.3 is 5.32 Å². The summed E-state index contributed by atoms with van der Waals surface area (Å²) in [5.41, 5.74) is 1.74. The first-order chi connectivity index (χ1) is 9.36.